The zero-order valence-electron chi connectivity index (χ0n) is 19.5. The Balaban J connectivity index is 1.41. The number of hydrogen-bond donors (Lipinski definition) is 0. The van der Waals surface area contributed by atoms with E-state index in [0.717, 1.165) is 23.7 Å². The number of rotatable bonds is 2. The number of hydrogen-bond acceptors (Lipinski definition) is 0. The Morgan fingerprint density at radius 2 is 1.00 bits per heavy atom. The van der Waals surface area contributed by atoms with E-state index in [2.05, 4.69) is 99.9 Å². The fraction of sp³-hybridized carbons (Fsp3) is 0.467. The third-order valence-corrected chi connectivity index (χ3v) is 13.8. The van der Waals surface area contributed by atoms with Gasteiger partial charge in [0.2, 0.25) is 0 Å². The van der Waals surface area contributed by atoms with Crippen LogP contribution in [0.25, 0.3) is 0 Å². The summed E-state index contributed by atoms with van der Waals surface area (Å²) in [5.74, 6) is 5.75. The summed E-state index contributed by atoms with van der Waals surface area (Å²) < 4.78 is 0. The summed E-state index contributed by atoms with van der Waals surface area (Å²) in [5, 5.41) is 3.75. The Kier molecular flexibility index (Phi) is 4.51. The van der Waals surface area contributed by atoms with Crippen molar-refractivity contribution in [2.24, 2.45) is 47.3 Å². The van der Waals surface area contributed by atoms with Crippen LogP contribution in [0.4, 0.5) is 0 Å². The molecule has 2 saturated carbocycles. The summed E-state index contributed by atoms with van der Waals surface area (Å²) in [5.41, 5.74) is 3.18. The van der Waals surface area contributed by atoms with Crippen molar-refractivity contribution in [2.45, 2.75) is 39.8 Å². The highest BCUT2D eigenvalue weighted by atomic mass is 28.3. The van der Waals surface area contributed by atoms with E-state index in [1.165, 1.54) is 12.8 Å². The van der Waals surface area contributed by atoms with Crippen molar-refractivity contribution in [1.29, 1.82) is 0 Å². The van der Waals surface area contributed by atoms with E-state index in [-0.39, 0.29) is 0 Å². The van der Waals surface area contributed by atoms with Gasteiger partial charge in [-0.15, -0.1) is 0 Å². The van der Waals surface area contributed by atoms with Crippen LogP contribution in [0.3, 0.4) is 0 Å². The first-order chi connectivity index (χ1) is 15.0. The molecule has 31 heavy (non-hydrogen) atoms. The molecule has 6 aliphatic rings. The van der Waals surface area contributed by atoms with Crippen LogP contribution in [0, 0.1) is 47.3 Å². The Hall–Kier alpha value is -1.86. The third kappa shape index (κ3) is 2.85. The predicted molar refractivity (Wildman–Crippen MR) is 135 cm³/mol. The smallest absolute Gasteiger partial charge is 0.0808 e. The lowest BCUT2D eigenvalue weighted by molar-refractivity contribution is 0.449. The van der Waals surface area contributed by atoms with E-state index < -0.39 is 8.07 Å². The molecular formula is C30H36Si. The normalized spacial score (nSPS) is 42.2. The highest BCUT2D eigenvalue weighted by molar-refractivity contribution is 6.91. The molecule has 0 bridgehead atoms. The molecule has 0 aliphatic heterocycles. The van der Waals surface area contributed by atoms with Crippen molar-refractivity contribution in [3.05, 3.63) is 94.5 Å². The Morgan fingerprint density at radius 3 is 1.45 bits per heavy atom. The molecule has 160 valence electrons. The van der Waals surface area contributed by atoms with E-state index >= 15 is 0 Å². The summed E-state index contributed by atoms with van der Waals surface area (Å²) >= 11 is 0. The van der Waals surface area contributed by atoms with Gasteiger partial charge in [-0.3, -0.25) is 0 Å². The van der Waals surface area contributed by atoms with Crippen molar-refractivity contribution in [3.63, 3.8) is 0 Å². The molecule has 0 spiro atoms. The van der Waals surface area contributed by atoms with Gasteiger partial charge in [-0.1, -0.05) is 108 Å². The van der Waals surface area contributed by atoms with Crippen LogP contribution >= 0.6 is 0 Å². The minimum Gasteiger partial charge on any atom is -0.0808 e. The third-order valence-electron chi connectivity index (χ3n) is 9.54. The van der Waals surface area contributed by atoms with Crippen LogP contribution in [0.15, 0.2) is 94.5 Å². The molecule has 0 radical (unpaired) electrons. The first kappa shape index (κ1) is 19.8. The molecule has 6 rings (SSSR count). The number of fused-ring (bicyclic) bond motifs is 6. The van der Waals surface area contributed by atoms with Crippen molar-refractivity contribution < 1.29 is 0 Å². The zero-order valence-corrected chi connectivity index (χ0v) is 20.5. The second-order valence-electron chi connectivity index (χ2n) is 11.4. The number of allylic oxidation sites excluding steroid dienone is 16. The van der Waals surface area contributed by atoms with Gasteiger partial charge >= 0.3 is 0 Å². The summed E-state index contributed by atoms with van der Waals surface area (Å²) in [7, 11) is -1.77. The molecule has 0 saturated heterocycles. The van der Waals surface area contributed by atoms with Gasteiger partial charge in [0.15, 0.2) is 0 Å². The molecule has 8 atom stereocenters. The summed E-state index contributed by atoms with van der Waals surface area (Å²) in [4.78, 5) is 0. The predicted octanol–water partition coefficient (Wildman–Crippen LogP) is 7.53. The van der Waals surface area contributed by atoms with Gasteiger partial charge in [0.1, 0.15) is 8.07 Å². The van der Waals surface area contributed by atoms with Gasteiger partial charge in [-0.2, -0.15) is 0 Å². The lowest BCUT2D eigenvalue weighted by Gasteiger charge is -2.43. The van der Waals surface area contributed by atoms with Crippen molar-refractivity contribution in [1.82, 2.24) is 0 Å². The lowest BCUT2D eigenvalue weighted by Crippen LogP contribution is -2.43. The fourth-order valence-electron chi connectivity index (χ4n) is 8.56. The van der Waals surface area contributed by atoms with Gasteiger partial charge in [0.05, 0.1) is 0 Å². The summed E-state index contributed by atoms with van der Waals surface area (Å²) in [6.45, 7) is 10.2. The van der Waals surface area contributed by atoms with Crippen LogP contribution in [0.5, 0.6) is 0 Å². The molecule has 0 aromatic rings. The highest BCUT2D eigenvalue weighted by Gasteiger charge is 2.52. The zero-order chi connectivity index (χ0) is 21.3. The van der Waals surface area contributed by atoms with Gasteiger partial charge in [0.25, 0.3) is 0 Å². The SMILES string of the molecule is CC1=C([Si](C)(C)C2=C(C)C=CC3C2CC2C=CC=CC23)C2CC3C=CC=CC3C2C=C1. The van der Waals surface area contributed by atoms with E-state index in [9.17, 15) is 0 Å². The van der Waals surface area contributed by atoms with Crippen LogP contribution < -0.4 is 0 Å². The largest absolute Gasteiger partial charge is 0.104 e. The Bertz CT molecular complexity index is 954. The van der Waals surface area contributed by atoms with E-state index in [0.29, 0.717) is 23.7 Å². The van der Waals surface area contributed by atoms with Gasteiger partial charge < -0.3 is 0 Å². The van der Waals surface area contributed by atoms with Crippen molar-refractivity contribution in [3.8, 4) is 0 Å². The first-order valence-electron chi connectivity index (χ1n) is 12.5. The van der Waals surface area contributed by atoms with E-state index in [1.807, 2.05) is 10.4 Å². The van der Waals surface area contributed by atoms with Crippen molar-refractivity contribution in [2.75, 3.05) is 0 Å². The lowest BCUT2D eigenvalue weighted by atomic mass is 9.81. The maximum absolute atomic E-state index is 2.69. The van der Waals surface area contributed by atoms with Crippen molar-refractivity contribution >= 4 is 8.07 Å². The molecule has 6 aliphatic carbocycles. The molecule has 1 heteroatoms. The molecule has 0 nitrogen and oxygen atoms in total. The van der Waals surface area contributed by atoms with Gasteiger partial charge in [-0.25, -0.2) is 0 Å². The quantitative estimate of drug-likeness (QED) is 0.402. The topological polar surface area (TPSA) is 0 Å². The fourth-order valence-corrected chi connectivity index (χ4v) is 13.5. The first-order valence-corrected chi connectivity index (χ1v) is 15.5. The average Bonchev–Trinajstić information content (AvgIpc) is 3.30. The molecule has 0 heterocycles. The van der Waals surface area contributed by atoms with E-state index in [4.69, 9.17) is 0 Å². The maximum atomic E-state index is 2.69. The standard InChI is InChI=1S/C30H36Si/c1-19-13-15-25-23-11-7-5-9-21(23)17-27(25)29(19)31(3,4)30-20(2)14-16-26-24-12-8-6-10-22(24)18-28(26)30/h5-16,21-28H,17-18H2,1-4H3. The minimum absolute atomic E-state index is 0.699. The molecule has 2 fully saturated rings. The summed E-state index contributed by atoms with van der Waals surface area (Å²) in [6.07, 6.45) is 31.9. The molecule has 0 N–H and O–H groups in total. The van der Waals surface area contributed by atoms with Crippen LogP contribution in [-0.2, 0) is 0 Å². The van der Waals surface area contributed by atoms with Gasteiger partial charge in [0, 0.05) is 0 Å². The maximum Gasteiger partial charge on any atom is 0.104 e. The van der Waals surface area contributed by atoms with E-state index in [1.54, 1.807) is 11.1 Å². The Labute approximate surface area is 189 Å². The molecule has 0 aromatic carbocycles. The summed E-state index contributed by atoms with van der Waals surface area (Å²) in [6, 6.07) is 0. The van der Waals surface area contributed by atoms with Crippen LogP contribution in [-0.4, -0.2) is 8.07 Å². The second-order valence-corrected chi connectivity index (χ2v) is 15.7. The minimum atomic E-state index is -1.77. The molecular weight excluding hydrogens is 388 g/mol. The Morgan fingerprint density at radius 1 is 0.581 bits per heavy atom. The molecule has 0 amide bonds. The van der Waals surface area contributed by atoms with Crippen LogP contribution in [0.1, 0.15) is 26.7 Å². The van der Waals surface area contributed by atoms with Crippen LogP contribution in [0.2, 0.25) is 13.1 Å². The highest BCUT2D eigenvalue weighted by Crippen LogP contribution is 2.57. The second kappa shape index (κ2) is 7.07. The monoisotopic (exact) mass is 424 g/mol. The average molecular weight is 425 g/mol. The molecule has 8 unspecified atom stereocenters. The molecule has 0 aromatic heterocycles. The van der Waals surface area contributed by atoms with Gasteiger partial charge in [-0.05, 0) is 74.0 Å².